The molecule has 2 atom stereocenters. The fraction of sp³-hybridized carbons (Fsp3) is 0.500. The van der Waals surface area contributed by atoms with Crippen LogP contribution in [0.2, 0.25) is 0 Å². The third-order valence-electron chi connectivity index (χ3n) is 4.55. The molecule has 3 rings (SSSR count). The van der Waals surface area contributed by atoms with Gasteiger partial charge in [-0.25, -0.2) is 4.79 Å². The lowest BCUT2D eigenvalue weighted by molar-refractivity contribution is -0.114. The number of nitrogens with one attached hydrogen (secondary N) is 1. The van der Waals surface area contributed by atoms with Crippen molar-refractivity contribution in [1.29, 1.82) is 0 Å². The maximum Gasteiger partial charge on any atom is 0.411 e. The number of carbonyl (C=O) groups excluding carboxylic acids is 2. The molecule has 0 saturated carbocycles. The number of fused-ring (bicyclic) bond motifs is 2. The van der Waals surface area contributed by atoms with Crippen LogP contribution in [0.25, 0.3) is 5.57 Å². The van der Waals surface area contributed by atoms with E-state index in [1.807, 2.05) is 43.9 Å². The van der Waals surface area contributed by atoms with Crippen LogP contribution >= 0.6 is 0 Å². The Kier molecular flexibility index (Phi) is 4.58. The third-order valence-corrected chi connectivity index (χ3v) is 4.55. The molecule has 0 radical (unpaired) electrons. The van der Waals surface area contributed by atoms with Crippen molar-refractivity contribution in [2.45, 2.75) is 64.6 Å². The Hall–Kier alpha value is -2.30. The van der Waals surface area contributed by atoms with E-state index in [0.29, 0.717) is 0 Å². The van der Waals surface area contributed by atoms with E-state index in [1.54, 1.807) is 0 Å². The summed E-state index contributed by atoms with van der Waals surface area (Å²) in [7, 11) is 0. The van der Waals surface area contributed by atoms with Gasteiger partial charge in [0, 0.05) is 18.7 Å². The molecule has 2 amide bonds. The largest absolute Gasteiger partial charge is 0.444 e. The Labute approximate surface area is 149 Å². The molecule has 1 N–H and O–H groups in total. The van der Waals surface area contributed by atoms with Crippen LogP contribution in [0.15, 0.2) is 30.3 Å². The van der Waals surface area contributed by atoms with Crippen molar-refractivity contribution in [3.05, 3.63) is 35.9 Å². The van der Waals surface area contributed by atoms with Crippen LogP contribution in [0.4, 0.5) is 10.5 Å². The predicted molar refractivity (Wildman–Crippen MR) is 98.2 cm³/mol. The summed E-state index contributed by atoms with van der Waals surface area (Å²) in [5.41, 5.74) is 2.66. The first-order chi connectivity index (χ1) is 11.7. The highest BCUT2D eigenvalue weighted by atomic mass is 16.6. The number of benzene rings is 1. The lowest BCUT2D eigenvalue weighted by atomic mass is 9.94. The van der Waals surface area contributed by atoms with Gasteiger partial charge in [-0.3, -0.25) is 9.69 Å². The first-order valence-corrected chi connectivity index (χ1v) is 8.83. The number of amides is 2. The summed E-state index contributed by atoms with van der Waals surface area (Å²) in [5, 5.41) is 2.82. The van der Waals surface area contributed by atoms with Gasteiger partial charge in [-0.15, -0.1) is 0 Å². The van der Waals surface area contributed by atoms with Crippen LogP contribution in [-0.4, -0.2) is 34.6 Å². The fourth-order valence-electron chi connectivity index (χ4n) is 3.64. The molecule has 0 aromatic heterocycles. The minimum Gasteiger partial charge on any atom is -0.444 e. The van der Waals surface area contributed by atoms with Crippen molar-refractivity contribution >= 4 is 23.3 Å². The fourth-order valence-corrected chi connectivity index (χ4v) is 3.64. The van der Waals surface area contributed by atoms with Gasteiger partial charge in [-0.1, -0.05) is 18.2 Å². The SMILES string of the molecule is CC(=O)Nc1cccc(C2=CC3CCC(C2)N3C(=O)OC(C)(C)C)c1. The van der Waals surface area contributed by atoms with Crippen LogP contribution in [0.5, 0.6) is 0 Å². The second kappa shape index (κ2) is 6.54. The molecule has 25 heavy (non-hydrogen) atoms. The minimum atomic E-state index is -0.479. The lowest BCUT2D eigenvalue weighted by Crippen LogP contribution is -2.45. The first kappa shape index (κ1) is 17.5. The van der Waals surface area contributed by atoms with Gasteiger partial charge in [0.15, 0.2) is 0 Å². The van der Waals surface area contributed by atoms with Gasteiger partial charge < -0.3 is 10.1 Å². The minimum absolute atomic E-state index is 0.0778. The maximum absolute atomic E-state index is 12.5. The van der Waals surface area contributed by atoms with Gasteiger partial charge >= 0.3 is 6.09 Å². The average Bonchev–Trinajstić information content (AvgIpc) is 2.76. The second-order valence-electron chi connectivity index (χ2n) is 7.84. The normalized spacial score (nSPS) is 22.4. The molecule has 5 nitrogen and oxygen atoms in total. The van der Waals surface area contributed by atoms with Crippen LogP contribution in [0.1, 0.15) is 52.5 Å². The molecule has 2 aliphatic rings. The van der Waals surface area contributed by atoms with E-state index in [4.69, 9.17) is 4.74 Å². The Balaban J connectivity index is 1.80. The van der Waals surface area contributed by atoms with E-state index in [-0.39, 0.29) is 24.1 Å². The Morgan fingerprint density at radius 2 is 2.00 bits per heavy atom. The van der Waals surface area contributed by atoms with Gasteiger partial charge in [0.05, 0.1) is 6.04 Å². The highest BCUT2D eigenvalue weighted by molar-refractivity contribution is 5.89. The van der Waals surface area contributed by atoms with Gasteiger partial charge in [-0.05, 0) is 63.3 Å². The zero-order chi connectivity index (χ0) is 18.2. The number of carbonyl (C=O) groups is 2. The summed E-state index contributed by atoms with van der Waals surface area (Å²) in [6, 6.07) is 8.16. The monoisotopic (exact) mass is 342 g/mol. The number of ether oxygens (including phenoxy) is 1. The Bertz CT molecular complexity index is 718. The van der Waals surface area contributed by atoms with Crippen LogP contribution in [0.3, 0.4) is 0 Å². The third kappa shape index (κ3) is 4.03. The van der Waals surface area contributed by atoms with Gasteiger partial charge in [0.2, 0.25) is 5.91 Å². The molecule has 1 saturated heterocycles. The van der Waals surface area contributed by atoms with Crippen LogP contribution < -0.4 is 5.32 Å². The van der Waals surface area contributed by atoms with E-state index in [2.05, 4.69) is 17.5 Å². The number of hydrogen-bond donors (Lipinski definition) is 1. The number of nitrogens with zero attached hydrogens (tertiary/aromatic N) is 1. The maximum atomic E-state index is 12.5. The molecule has 2 unspecified atom stereocenters. The summed E-state index contributed by atoms with van der Waals surface area (Å²) >= 11 is 0. The number of anilines is 1. The molecule has 5 heteroatoms. The average molecular weight is 342 g/mol. The van der Waals surface area contributed by atoms with Gasteiger partial charge in [0.1, 0.15) is 5.60 Å². The molecule has 1 fully saturated rings. The van der Waals surface area contributed by atoms with Crippen molar-refractivity contribution in [2.75, 3.05) is 5.32 Å². The van der Waals surface area contributed by atoms with Gasteiger partial charge in [0.25, 0.3) is 0 Å². The quantitative estimate of drug-likeness (QED) is 0.876. The first-order valence-electron chi connectivity index (χ1n) is 8.83. The van der Waals surface area contributed by atoms with E-state index in [0.717, 1.165) is 30.5 Å². The molecule has 1 aromatic rings. The standard InChI is InChI=1S/C20H26N2O3/c1-13(23)21-16-7-5-6-14(10-16)15-11-17-8-9-18(12-15)22(17)19(24)25-20(2,3)4/h5-7,10-11,17-18H,8-9,12H2,1-4H3,(H,21,23). The molecular formula is C20H26N2O3. The summed E-state index contributed by atoms with van der Waals surface area (Å²) < 4.78 is 5.57. The molecule has 134 valence electrons. The lowest BCUT2D eigenvalue weighted by Gasteiger charge is -2.35. The Morgan fingerprint density at radius 3 is 2.64 bits per heavy atom. The van der Waals surface area contributed by atoms with E-state index >= 15 is 0 Å². The molecule has 2 aliphatic heterocycles. The topological polar surface area (TPSA) is 58.6 Å². The highest BCUT2D eigenvalue weighted by Gasteiger charge is 2.41. The Morgan fingerprint density at radius 1 is 1.24 bits per heavy atom. The van der Waals surface area contributed by atoms with Crippen molar-refractivity contribution in [2.24, 2.45) is 0 Å². The van der Waals surface area contributed by atoms with E-state index in [9.17, 15) is 9.59 Å². The van der Waals surface area contributed by atoms with Crippen molar-refractivity contribution in [3.8, 4) is 0 Å². The van der Waals surface area contributed by atoms with Crippen molar-refractivity contribution in [1.82, 2.24) is 4.90 Å². The molecular weight excluding hydrogens is 316 g/mol. The molecule has 1 aromatic carbocycles. The van der Waals surface area contributed by atoms with Crippen LogP contribution in [-0.2, 0) is 9.53 Å². The summed E-state index contributed by atoms with van der Waals surface area (Å²) in [6.07, 6.45) is 4.75. The second-order valence-corrected chi connectivity index (χ2v) is 7.84. The summed E-state index contributed by atoms with van der Waals surface area (Å²) in [6.45, 7) is 7.19. The number of rotatable bonds is 2. The molecule has 2 heterocycles. The van der Waals surface area contributed by atoms with E-state index < -0.39 is 5.60 Å². The van der Waals surface area contributed by atoms with Crippen molar-refractivity contribution in [3.63, 3.8) is 0 Å². The predicted octanol–water partition coefficient (Wildman–Crippen LogP) is 4.20. The van der Waals surface area contributed by atoms with Gasteiger partial charge in [-0.2, -0.15) is 0 Å². The smallest absolute Gasteiger partial charge is 0.411 e. The number of hydrogen-bond acceptors (Lipinski definition) is 3. The molecule has 2 bridgehead atoms. The van der Waals surface area contributed by atoms with Crippen LogP contribution in [0, 0.1) is 0 Å². The highest BCUT2D eigenvalue weighted by Crippen LogP contribution is 2.39. The van der Waals surface area contributed by atoms with Crippen molar-refractivity contribution < 1.29 is 14.3 Å². The molecule has 0 aliphatic carbocycles. The summed E-state index contributed by atoms with van der Waals surface area (Å²) in [4.78, 5) is 25.7. The zero-order valence-electron chi connectivity index (χ0n) is 15.3. The zero-order valence-corrected chi connectivity index (χ0v) is 15.3. The summed E-state index contributed by atoms with van der Waals surface area (Å²) in [5.74, 6) is -0.0778. The van der Waals surface area contributed by atoms with E-state index in [1.165, 1.54) is 12.5 Å². The molecule has 0 spiro atoms.